The first kappa shape index (κ1) is 14.2. The Morgan fingerprint density at radius 1 is 1.29 bits per heavy atom. The van der Waals surface area contributed by atoms with E-state index in [0.717, 1.165) is 13.0 Å². The second-order valence-electron chi connectivity index (χ2n) is 4.96. The van der Waals surface area contributed by atoms with E-state index in [9.17, 15) is 0 Å². The molecule has 3 nitrogen and oxygen atoms in total. The summed E-state index contributed by atoms with van der Waals surface area (Å²) in [5.41, 5.74) is 2.39. The summed E-state index contributed by atoms with van der Waals surface area (Å²) in [7, 11) is 1.70. The summed E-state index contributed by atoms with van der Waals surface area (Å²) < 4.78 is 5.11. The summed E-state index contributed by atoms with van der Waals surface area (Å²) >= 11 is 0. The number of methoxy groups -OCH3 is 1. The van der Waals surface area contributed by atoms with Gasteiger partial charge in [-0.25, -0.2) is 0 Å². The highest BCUT2D eigenvalue weighted by Gasteiger charge is 2.15. The van der Waals surface area contributed by atoms with Gasteiger partial charge in [0.25, 0.3) is 0 Å². The van der Waals surface area contributed by atoms with Crippen molar-refractivity contribution in [2.24, 2.45) is 0 Å². The van der Waals surface area contributed by atoms with Crippen LogP contribution in [-0.2, 0) is 17.9 Å². The number of aliphatic hydroxyl groups excluding tert-OH is 1. The van der Waals surface area contributed by atoms with Gasteiger partial charge >= 0.3 is 0 Å². The molecule has 17 heavy (non-hydrogen) atoms. The molecule has 0 heterocycles. The first-order chi connectivity index (χ1) is 8.07. The fourth-order valence-corrected chi connectivity index (χ4v) is 1.71. The van der Waals surface area contributed by atoms with Gasteiger partial charge in [-0.1, -0.05) is 24.3 Å². The van der Waals surface area contributed by atoms with Gasteiger partial charge in [0.1, 0.15) is 0 Å². The monoisotopic (exact) mass is 237 g/mol. The number of hydrogen-bond donors (Lipinski definition) is 2. The molecular formula is C14H23NO2. The molecule has 0 aromatic heterocycles. The maximum atomic E-state index is 8.96. The Kier molecular flexibility index (Phi) is 5.62. The van der Waals surface area contributed by atoms with Gasteiger partial charge < -0.3 is 15.2 Å². The zero-order valence-electron chi connectivity index (χ0n) is 11.0. The fourth-order valence-electron chi connectivity index (χ4n) is 1.71. The van der Waals surface area contributed by atoms with Crippen LogP contribution in [-0.4, -0.2) is 24.4 Å². The summed E-state index contributed by atoms with van der Waals surface area (Å²) in [5, 5.41) is 12.4. The smallest absolute Gasteiger partial charge is 0.0713 e. The molecule has 0 amide bonds. The molecule has 0 saturated heterocycles. The van der Waals surface area contributed by atoms with Gasteiger partial charge in [0.15, 0.2) is 0 Å². The molecule has 1 aromatic rings. The predicted molar refractivity (Wildman–Crippen MR) is 69.8 cm³/mol. The summed E-state index contributed by atoms with van der Waals surface area (Å²) in [5.74, 6) is 0. The molecule has 0 aliphatic rings. The largest absolute Gasteiger partial charge is 0.396 e. The zero-order valence-corrected chi connectivity index (χ0v) is 11.0. The molecule has 0 bridgehead atoms. The molecule has 0 atom stereocenters. The van der Waals surface area contributed by atoms with Gasteiger partial charge in [0.05, 0.1) is 6.61 Å². The lowest BCUT2D eigenvalue weighted by molar-refractivity contribution is 0.185. The maximum absolute atomic E-state index is 8.96. The highest BCUT2D eigenvalue weighted by molar-refractivity contribution is 5.23. The van der Waals surface area contributed by atoms with E-state index in [1.807, 2.05) is 6.07 Å². The van der Waals surface area contributed by atoms with Crippen LogP contribution in [0.4, 0.5) is 0 Å². The molecule has 0 spiro atoms. The van der Waals surface area contributed by atoms with Crippen LogP contribution in [0.1, 0.15) is 31.4 Å². The van der Waals surface area contributed by atoms with Crippen LogP contribution in [0.2, 0.25) is 0 Å². The van der Waals surface area contributed by atoms with Gasteiger partial charge in [-0.3, -0.25) is 0 Å². The average Bonchev–Trinajstić information content (AvgIpc) is 2.28. The Labute approximate surface area is 104 Å². The summed E-state index contributed by atoms with van der Waals surface area (Å²) in [6.45, 7) is 5.87. The zero-order chi connectivity index (χ0) is 12.7. The second kappa shape index (κ2) is 6.74. The highest BCUT2D eigenvalue weighted by atomic mass is 16.5. The molecule has 2 N–H and O–H groups in total. The van der Waals surface area contributed by atoms with Gasteiger partial charge in [0, 0.05) is 25.8 Å². The summed E-state index contributed by atoms with van der Waals surface area (Å²) in [6, 6.07) is 8.35. The van der Waals surface area contributed by atoms with Crippen LogP contribution in [0.25, 0.3) is 0 Å². The molecule has 1 rings (SSSR count). The van der Waals surface area contributed by atoms with E-state index < -0.39 is 0 Å². The number of rotatable bonds is 7. The Balaban J connectivity index is 2.53. The SMILES string of the molecule is COCc1cccc(CNC(C)(C)CCO)c1. The van der Waals surface area contributed by atoms with Crippen molar-refractivity contribution in [1.29, 1.82) is 0 Å². The Morgan fingerprint density at radius 2 is 2.00 bits per heavy atom. The number of aliphatic hydroxyl groups is 1. The van der Waals surface area contributed by atoms with Crippen molar-refractivity contribution in [2.75, 3.05) is 13.7 Å². The first-order valence-corrected chi connectivity index (χ1v) is 6.00. The minimum Gasteiger partial charge on any atom is -0.396 e. The number of benzene rings is 1. The van der Waals surface area contributed by atoms with Crippen molar-refractivity contribution >= 4 is 0 Å². The van der Waals surface area contributed by atoms with Crippen molar-refractivity contribution in [1.82, 2.24) is 5.32 Å². The van der Waals surface area contributed by atoms with Crippen molar-refractivity contribution in [3.63, 3.8) is 0 Å². The van der Waals surface area contributed by atoms with Crippen LogP contribution < -0.4 is 5.32 Å². The molecule has 3 heteroatoms. The molecular weight excluding hydrogens is 214 g/mol. The first-order valence-electron chi connectivity index (χ1n) is 6.00. The summed E-state index contributed by atoms with van der Waals surface area (Å²) in [4.78, 5) is 0. The van der Waals surface area contributed by atoms with Gasteiger partial charge in [-0.05, 0) is 31.4 Å². The predicted octanol–water partition coefficient (Wildman–Crippen LogP) is 2.08. The molecule has 0 aliphatic heterocycles. The van der Waals surface area contributed by atoms with E-state index in [1.165, 1.54) is 11.1 Å². The van der Waals surface area contributed by atoms with Crippen LogP contribution in [0, 0.1) is 0 Å². The van der Waals surface area contributed by atoms with Crippen LogP contribution in [0.15, 0.2) is 24.3 Å². The average molecular weight is 237 g/mol. The molecule has 0 fully saturated rings. The minimum atomic E-state index is -0.0357. The normalized spacial score (nSPS) is 11.8. The fraction of sp³-hybridized carbons (Fsp3) is 0.571. The third kappa shape index (κ3) is 5.31. The van der Waals surface area contributed by atoms with E-state index in [4.69, 9.17) is 9.84 Å². The van der Waals surface area contributed by atoms with Crippen LogP contribution >= 0.6 is 0 Å². The Hall–Kier alpha value is -0.900. The van der Waals surface area contributed by atoms with E-state index in [-0.39, 0.29) is 12.1 Å². The van der Waals surface area contributed by atoms with Crippen molar-refractivity contribution < 1.29 is 9.84 Å². The number of nitrogens with one attached hydrogen (secondary N) is 1. The minimum absolute atomic E-state index is 0.0357. The molecule has 0 radical (unpaired) electrons. The van der Waals surface area contributed by atoms with Crippen molar-refractivity contribution in [2.45, 2.75) is 39.0 Å². The van der Waals surface area contributed by atoms with Gasteiger partial charge in [0.2, 0.25) is 0 Å². The lowest BCUT2D eigenvalue weighted by Gasteiger charge is -2.25. The van der Waals surface area contributed by atoms with Crippen LogP contribution in [0.5, 0.6) is 0 Å². The van der Waals surface area contributed by atoms with Crippen LogP contribution in [0.3, 0.4) is 0 Å². The Morgan fingerprint density at radius 3 is 2.65 bits per heavy atom. The van der Waals surface area contributed by atoms with E-state index in [0.29, 0.717) is 6.61 Å². The lowest BCUT2D eigenvalue weighted by atomic mass is 10.0. The van der Waals surface area contributed by atoms with E-state index >= 15 is 0 Å². The van der Waals surface area contributed by atoms with Gasteiger partial charge in [-0.2, -0.15) is 0 Å². The molecule has 96 valence electrons. The third-order valence-corrected chi connectivity index (χ3v) is 2.81. The van der Waals surface area contributed by atoms with E-state index in [2.05, 4.69) is 37.4 Å². The van der Waals surface area contributed by atoms with Crippen molar-refractivity contribution in [3.05, 3.63) is 35.4 Å². The lowest BCUT2D eigenvalue weighted by Crippen LogP contribution is -2.39. The molecule has 0 aliphatic carbocycles. The number of hydrogen-bond acceptors (Lipinski definition) is 3. The molecule has 0 saturated carbocycles. The molecule has 0 unspecified atom stereocenters. The third-order valence-electron chi connectivity index (χ3n) is 2.81. The Bertz CT molecular complexity index is 337. The quantitative estimate of drug-likeness (QED) is 0.763. The molecule has 1 aromatic carbocycles. The maximum Gasteiger partial charge on any atom is 0.0713 e. The number of ether oxygens (including phenoxy) is 1. The van der Waals surface area contributed by atoms with Gasteiger partial charge in [-0.15, -0.1) is 0 Å². The highest BCUT2D eigenvalue weighted by Crippen LogP contribution is 2.11. The van der Waals surface area contributed by atoms with Crippen molar-refractivity contribution in [3.8, 4) is 0 Å². The topological polar surface area (TPSA) is 41.5 Å². The second-order valence-corrected chi connectivity index (χ2v) is 4.96. The standard InChI is InChI=1S/C14H23NO2/c1-14(2,7-8-16)15-10-12-5-4-6-13(9-12)11-17-3/h4-6,9,15-16H,7-8,10-11H2,1-3H3. The van der Waals surface area contributed by atoms with E-state index in [1.54, 1.807) is 7.11 Å². The summed E-state index contributed by atoms with van der Waals surface area (Å²) in [6.07, 6.45) is 0.755.